The zero-order valence-electron chi connectivity index (χ0n) is 53.4. The van der Waals surface area contributed by atoms with E-state index in [4.69, 9.17) is 71.2 Å². The van der Waals surface area contributed by atoms with E-state index in [9.17, 15) is 19.6 Å². The Balaban J connectivity index is 0.000000175. The van der Waals surface area contributed by atoms with Crippen LogP contribution in [0.1, 0.15) is 166 Å². The van der Waals surface area contributed by atoms with E-state index in [1.807, 2.05) is 123 Å². The molecule has 2 amide bonds. The first-order chi connectivity index (χ1) is 46.3. The Morgan fingerprint density at radius 1 is 0.525 bits per heavy atom. The molecule has 518 valence electrons. The van der Waals surface area contributed by atoms with E-state index >= 15 is 0 Å². The molecule has 6 aromatic heterocycles. The lowest BCUT2D eigenvalue weighted by molar-refractivity contribution is -0.244. The van der Waals surface area contributed by atoms with E-state index in [2.05, 4.69) is 144 Å². The van der Waals surface area contributed by atoms with Gasteiger partial charge in [-0.2, -0.15) is 0 Å². The Morgan fingerprint density at radius 3 is 1.22 bits per heavy atom. The van der Waals surface area contributed by atoms with Gasteiger partial charge in [-0.3, -0.25) is 24.4 Å². The molecule has 5 unspecified atom stereocenters. The molecule has 0 spiro atoms. The number of hydrogen-bond acceptors (Lipinski definition) is 17. The number of nitrogens with zero attached hydrogens (tertiary/aromatic N) is 3. The van der Waals surface area contributed by atoms with Gasteiger partial charge in [0.1, 0.15) is 5.71 Å². The van der Waals surface area contributed by atoms with Crippen LogP contribution in [-0.4, -0.2) is 72.0 Å². The van der Waals surface area contributed by atoms with Crippen molar-refractivity contribution >= 4 is 184 Å². The minimum atomic E-state index is -3.04. The number of oxime groups is 1. The molecule has 5 atom stereocenters. The van der Waals surface area contributed by atoms with Crippen LogP contribution < -0.4 is 21.0 Å². The summed E-state index contributed by atoms with van der Waals surface area (Å²) in [7, 11) is -4.42. The minimum absolute atomic E-state index is 0. The van der Waals surface area contributed by atoms with Gasteiger partial charge >= 0.3 is 15.4 Å². The van der Waals surface area contributed by atoms with Crippen LogP contribution in [0.5, 0.6) is 0 Å². The normalized spacial score (nSPS) is 18.6. The average molecular weight is 1700 g/mol. The highest BCUT2D eigenvalue weighted by molar-refractivity contribution is 9.11. The largest absolute Gasteiger partial charge is 0.565 e. The van der Waals surface area contributed by atoms with Crippen LogP contribution in [0.15, 0.2) is 187 Å². The molecule has 2 aliphatic heterocycles. The number of benzene rings is 4. The van der Waals surface area contributed by atoms with Crippen molar-refractivity contribution in [1.82, 2.24) is 20.6 Å². The van der Waals surface area contributed by atoms with E-state index in [0.29, 0.717) is 10.5 Å². The fraction of sp³-hybridized carbons (Fsp3) is 0.239. The lowest BCUT2D eigenvalue weighted by atomic mass is 9.75. The van der Waals surface area contributed by atoms with Crippen molar-refractivity contribution in [3.05, 3.63) is 266 Å². The molecule has 15 nitrogen and oxygen atoms in total. The van der Waals surface area contributed by atoms with Gasteiger partial charge in [-0.05, 0) is 233 Å². The lowest BCUT2D eigenvalue weighted by Crippen LogP contribution is -2.51. The summed E-state index contributed by atoms with van der Waals surface area (Å²) in [4.78, 5) is 58.7. The van der Waals surface area contributed by atoms with Gasteiger partial charge in [0.15, 0.2) is 5.78 Å². The van der Waals surface area contributed by atoms with Crippen molar-refractivity contribution in [1.29, 1.82) is 0 Å². The molecule has 0 fully saturated rings. The van der Waals surface area contributed by atoms with E-state index in [-0.39, 0.29) is 66.6 Å². The number of Topliss-reactive ketones (excluding diaryl/α,β-unsaturated/α-hetero) is 1. The maximum atomic E-state index is 12.6. The number of hydrogen-bond donors (Lipinski definition) is 6. The van der Waals surface area contributed by atoms with Crippen molar-refractivity contribution in [2.24, 2.45) is 16.0 Å². The average Bonchev–Trinajstić information content (AvgIpc) is 1.56. The molecule has 4 aliphatic rings. The second kappa shape index (κ2) is 33.4. The molecule has 2 aliphatic carbocycles. The highest BCUT2D eigenvalue weighted by Crippen LogP contribution is 2.56. The van der Waals surface area contributed by atoms with Gasteiger partial charge in [0, 0.05) is 101 Å². The van der Waals surface area contributed by atoms with Gasteiger partial charge in [0.05, 0.1) is 30.9 Å². The van der Waals surface area contributed by atoms with Crippen LogP contribution in [0.4, 0.5) is 0 Å². The third-order valence-electron chi connectivity index (χ3n) is 16.9. The van der Waals surface area contributed by atoms with Gasteiger partial charge in [0.2, 0.25) is 0 Å². The molecule has 0 saturated heterocycles. The molecule has 28 heteroatoms. The van der Waals surface area contributed by atoms with Crippen LogP contribution in [0.25, 0.3) is 10.4 Å². The number of amides is 2. The van der Waals surface area contributed by atoms with Gasteiger partial charge in [-0.25, -0.2) is 5.26 Å². The van der Waals surface area contributed by atoms with Crippen LogP contribution in [0.3, 0.4) is 0 Å². The zero-order valence-corrected chi connectivity index (χ0v) is 65.3. The maximum Gasteiger partial charge on any atom is 0.521 e. The molecule has 10 aromatic rings. The molecule has 0 saturated carbocycles. The second-order valence-corrected chi connectivity index (χ2v) is 35.8. The standard InChI is InChI=1S/C20H17ClN2OS.2C15H13BrClNOS.C15H12BrClOS.C5H6BNO2.CH4.HO4P.H2/c1-20(2)17(13-3-5-14(21)6-4-13)15-11-16(12-7-9-22-10-8-12)25-18(15)19(24)23-20;1-15(2)12(8-3-5-9(17)6-4-8)10-7-11(16)20-13(10)14(19)18-15;1-15(2)12(8-3-5-9(17)6-4-8)10-7-11(16)20-13(10)14(15)18-19;1-15(2)12(8-3-5-9(17)6-4-8)10-7-11(16)19-13(10)14(15)18;8-6(9)5-1-3-7-4-2-5;;1-4-5(2)3;/h3-11,17H,1-2H3,(H,23,24);3-7,12H,1-2H3,(H,18,19);3-7,12,19H,1-2H3;3-7,12H,1-2H3;1-4,8-9H;1H4;1H;1H. The molecule has 0 bridgehead atoms. The highest BCUT2D eigenvalue weighted by atomic mass is 79.9. The van der Waals surface area contributed by atoms with Crippen LogP contribution in [0.2, 0.25) is 20.1 Å². The van der Waals surface area contributed by atoms with Crippen LogP contribution >= 0.6 is 148 Å². The Hall–Kier alpha value is -5.38. The number of nitrogens with one attached hydrogen (secondary N) is 2. The first kappa shape index (κ1) is 79.3. The summed E-state index contributed by atoms with van der Waals surface area (Å²) < 4.78 is 14.7. The number of fused-ring (bicyclic) bond motifs is 4. The number of pyridine rings is 2. The molecule has 14 rings (SSSR count). The van der Waals surface area contributed by atoms with E-state index in [1.165, 1.54) is 57.5 Å². The fourth-order valence-electron chi connectivity index (χ4n) is 12.7. The SMILES string of the molecule is C.CC1(C)C(=NO)c2sc(Br)cc2C1c1ccc(Cl)cc1.CC1(C)C(=O)c2sc(Br)cc2C1c1ccc(Cl)cc1.CC1(C)NC(=O)c2sc(-c3ccncc3)cc2C1c1ccc(Cl)cc1.CC1(C)NC(=O)c2sc(Br)cc2C1c1ccc(Cl)cc1.O=[P+]([O-])OO.OB(O)c1ccncc1.[HH]. The van der Waals surface area contributed by atoms with Crippen molar-refractivity contribution in [3.8, 4) is 10.4 Å². The quantitative estimate of drug-likeness (QED) is 0.0287. The number of thiophene rings is 4. The Kier molecular flexibility index (Phi) is 26.7. The molecule has 4 aromatic carbocycles. The monoisotopic (exact) mass is 1700 g/mol. The van der Waals surface area contributed by atoms with Crippen molar-refractivity contribution in [3.63, 3.8) is 0 Å². The Bertz CT molecular complexity index is 4560. The number of rotatable bonds is 7. The maximum absolute atomic E-state index is 12.6. The summed E-state index contributed by atoms with van der Waals surface area (Å²) in [6.07, 6.45) is 6.56. The summed E-state index contributed by atoms with van der Waals surface area (Å²) in [5, 5.41) is 46.3. The lowest BCUT2D eigenvalue weighted by Gasteiger charge is -2.39. The number of halogens is 7. The van der Waals surface area contributed by atoms with Crippen LogP contribution in [-0.2, 0) is 9.24 Å². The van der Waals surface area contributed by atoms with Crippen molar-refractivity contribution < 1.29 is 50.5 Å². The molecule has 99 heavy (non-hydrogen) atoms. The third-order valence-corrected chi connectivity index (χ3v) is 24.2. The number of carbonyl (C=O) groups is 3. The third kappa shape index (κ3) is 18.2. The smallest absolute Gasteiger partial charge is 0.521 e. The van der Waals surface area contributed by atoms with E-state index in [1.54, 1.807) is 35.9 Å². The fourth-order valence-corrected chi connectivity index (χ4v) is 19.5. The Morgan fingerprint density at radius 2 is 0.848 bits per heavy atom. The zero-order chi connectivity index (χ0) is 71.3. The van der Waals surface area contributed by atoms with Gasteiger partial charge in [0.25, 0.3) is 11.8 Å². The van der Waals surface area contributed by atoms with Gasteiger partial charge in [-0.1, -0.05) is 135 Å². The number of carbonyl (C=O) groups excluding carboxylic acids is 3. The van der Waals surface area contributed by atoms with Gasteiger partial charge in [-0.15, -0.1) is 45.3 Å². The van der Waals surface area contributed by atoms with E-state index < -0.39 is 20.8 Å². The predicted octanol–water partition coefficient (Wildman–Crippen LogP) is 20.1. The predicted molar refractivity (Wildman–Crippen MR) is 414 cm³/mol. The molecule has 6 N–H and O–H groups in total. The first-order valence-electron chi connectivity index (χ1n) is 29.9. The summed E-state index contributed by atoms with van der Waals surface area (Å²) in [5.74, 6) is 0.705. The van der Waals surface area contributed by atoms with E-state index in [0.717, 1.165) is 95.5 Å². The first-order valence-corrected chi connectivity index (χ1v) is 38.1. The number of ketones is 1. The summed E-state index contributed by atoms with van der Waals surface area (Å²) in [6, 6.07) is 46.9. The summed E-state index contributed by atoms with van der Waals surface area (Å²) in [5.41, 5.74) is 10.1. The summed E-state index contributed by atoms with van der Waals surface area (Å²) in [6.45, 7) is 16.5. The molecule has 8 heterocycles. The second-order valence-electron chi connectivity index (χ2n) is 25.1. The molecular formula is C71H68BBr3Cl4N5O10PS4. The number of aromatic nitrogens is 2. The molecular weight excluding hydrogens is 1630 g/mol. The Labute approximate surface area is 638 Å². The highest BCUT2D eigenvalue weighted by Gasteiger charge is 2.50. The van der Waals surface area contributed by atoms with Crippen molar-refractivity contribution in [2.45, 2.75) is 97.6 Å². The van der Waals surface area contributed by atoms with Crippen molar-refractivity contribution in [2.75, 3.05) is 0 Å². The minimum Gasteiger partial charge on any atom is -0.565 e. The van der Waals surface area contributed by atoms with Crippen LogP contribution in [0, 0.1) is 10.8 Å². The van der Waals surface area contributed by atoms with Gasteiger partial charge < -0.3 is 30.8 Å². The molecule has 0 radical (unpaired) electrons. The topological polar surface area (TPSA) is 244 Å². The summed E-state index contributed by atoms with van der Waals surface area (Å²) >= 11 is 40.6.